The molecule has 2 heterocycles. The van der Waals surface area contributed by atoms with Gasteiger partial charge in [0.1, 0.15) is 0 Å². The lowest BCUT2D eigenvalue weighted by Gasteiger charge is -2.22. The number of nitrogens with zero attached hydrogens (tertiary/aromatic N) is 1. The smallest absolute Gasteiger partial charge is 0.251 e. The molecule has 0 aliphatic carbocycles. The van der Waals surface area contributed by atoms with Crippen LogP contribution in [-0.4, -0.2) is 4.98 Å². The minimum absolute atomic E-state index is 0.0854. The van der Waals surface area contributed by atoms with Crippen LogP contribution in [0.1, 0.15) is 22.9 Å². The molecule has 0 saturated heterocycles. The molecule has 4 rings (SSSR count). The Morgan fingerprint density at radius 1 is 1.12 bits per heavy atom. The third-order valence-electron chi connectivity index (χ3n) is 4.92. The van der Waals surface area contributed by atoms with Crippen molar-refractivity contribution < 1.29 is 0 Å². The number of fused-ring (bicyclic) bond motifs is 2. The predicted molar refractivity (Wildman–Crippen MR) is 108 cm³/mol. The highest BCUT2D eigenvalue weighted by molar-refractivity contribution is 7.19. The van der Waals surface area contributed by atoms with Crippen LogP contribution in [0.4, 0.5) is 0 Å². The van der Waals surface area contributed by atoms with Gasteiger partial charge in [-0.25, -0.2) is 0 Å². The number of aryl methyl sites for hydroxylation is 1. The minimum Gasteiger partial charge on any atom is -0.322 e. The number of pyridine rings is 1. The van der Waals surface area contributed by atoms with Gasteiger partial charge in [-0.3, -0.25) is 4.79 Å². The molecule has 0 aliphatic rings. The first-order valence-corrected chi connectivity index (χ1v) is 9.33. The van der Waals surface area contributed by atoms with Crippen molar-refractivity contribution in [2.45, 2.75) is 25.7 Å². The monoisotopic (exact) mass is 358 g/mol. The summed E-state index contributed by atoms with van der Waals surface area (Å²) in [6.45, 7) is 3.76. The van der Waals surface area contributed by atoms with E-state index in [4.69, 9.17) is 0 Å². The molecule has 2 aromatic carbocycles. The molecule has 0 amide bonds. The van der Waals surface area contributed by atoms with Crippen molar-refractivity contribution in [3.8, 4) is 6.07 Å². The molecule has 3 nitrogen and oxygen atoms in total. The molecule has 0 fully saturated rings. The average Bonchev–Trinajstić information content (AvgIpc) is 3.04. The summed E-state index contributed by atoms with van der Waals surface area (Å²) in [4.78, 5) is 16.0. The molecule has 0 radical (unpaired) electrons. The second-order valence-electron chi connectivity index (χ2n) is 6.95. The van der Waals surface area contributed by atoms with Gasteiger partial charge < -0.3 is 4.98 Å². The van der Waals surface area contributed by atoms with Gasteiger partial charge in [0.25, 0.3) is 5.56 Å². The zero-order chi connectivity index (χ0) is 18.3. The quantitative estimate of drug-likeness (QED) is 0.555. The number of aromatic nitrogens is 1. The predicted octanol–water partition coefficient (Wildman–Crippen LogP) is 5.08. The van der Waals surface area contributed by atoms with E-state index >= 15 is 0 Å². The van der Waals surface area contributed by atoms with E-state index in [2.05, 4.69) is 29.3 Å². The third kappa shape index (κ3) is 2.81. The van der Waals surface area contributed by atoms with Gasteiger partial charge in [-0.05, 0) is 54.4 Å². The highest BCUT2D eigenvalue weighted by Gasteiger charge is 2.28. The maximum atomic E-state index is 11.9. The van der Waals surface area contributed by atoms with Crippen molar-refractivity contribution in [3.63, 3.8) is 0 Å². The van der Waals surface area contributed by atoms with Crippen molar-refractivity contribution in [1.82, 2.24) is 4.98 Å². The summed E-state index contributed by atoms with van der Waals surface area (Å²) in [7, 11) is 0. The second-order valence-corrected chi connectivity index (χ2v) is 8.12. The summed E-state index contributed by atoms with van der Waals surface area (Å²) in [5.74, 6) is 0. The average molecular weight is 358 g/mol. The van der Waals surface area contributed by atoms with E-state index in [-0.39, 0.29) is 5.56 Å². The maximum Gasteiger partial charge on any atom is 0.251 e. The van der Waals surface area contributed by atoms with Crippen molar-refractivity contribution in [3.05, 3.63) is 81.0 Å². The van der Waals surface area contributed by atoms with Gasteiger partial charge in [0.2, 0.25) is 0 Å². The van der Waals surface area contributed by atoms with Gasteiger partial charge in [0.15, 0.2) is 0 Å². The Labute approximate surface area is 155 Å². The Kier molecular flexibility index (Phi) is 3.90. The maximum absolute atomic E-state index is 11.9. The van der Waals surface area contributed by atoms with E-state index in [1.165, 1.54) is 15.0 Å². The number of aromatic amines is 1. The van der Waals surface area contributed by atoms with Crippen LogP contribution in [0.3, 0.4) is 0 Å². The lowest BCUT2D eigenvalue weighted by atomic mass is 9.80. The first kappa shape index (κ1) is 16.6. The molecule has 1 unspecified atom stereocenters. The van der Waals surface area contributed by atoms with E-state index in [1.54, 1.807) is 18.3 Å². The molecule has 128 valence electrons. The molecule has 0 bridgehead atoms. The Bertz CT molecular complexity index is 1200. The molecule has 26 heavy (non-hydrogen) atoms. The van der Waals surface area contributed by atoms with Crippen LogP contribution in [0.2, 0.25) is 0 Å². The van der Waals surface area contributed by atoms with E-state index in [0.717, 1.165) is 16.5 Å². The van der Waals surface area contributed by atoms with Crippen LogP contribution in [0.15, 0.2) is 59.4 Å². The highest BCUT2D eigenvalue weighted by atomic mass is 32.1. The van der Waals surface area contributed by atoms with Crippen LogP contribution in [0, 0.1) is 18.3 Å². The van der Waals surface area contributed by atoms with Crippen LogP contribution < -0.4 is 5.56 Å². The summed E-state index contributed by atoms with van der Waals surface area (Å²) in [6, 6.07) is 20.7. The Balaban J connectivity index is 1.77. The fraction of sp³-hybridized carbons (Fsp3) is 0.182. The summed E-state index contributed by atoms with van der Waals surface area (Å²) in [5, 5.41) is 12.1. The molecule has 4 heteroatoms. The first-order chi connectivity index (χ1) is 12.5. The van der Waals surface area contributed by atoms with Crippen LogP contribution in [0.5, 0.6) is 0 Å². The molecule has 0 spiro atoms. The molecule has 0 aliphatic heterocycles. The van der Waals surface area contributed by atoms with E-state index < -0.39 is 5.41 Å². The highest BCUT2D eigenvalue weighted by Crippen LogP contribution is 2.34. The van der Waals surface area contributed by atoms with Gasteiger partial charge in [0.05, 0.1) is 11.5 Å². The number of benzene rings is 2. The number of nitriles is 1. The molecular formula is C22H18N2OS. The second kappa shape index (κ2) is 6.12. The molecule has 0 saturated carbocycles. The van der Waals surface area contributed by atoms with Crippen LogP contribution in [-0.2, 0) is 11.8 Å². The molecule has 4 aromatic rings. The van der Waals surface area contributed by atoms with Gasteiger partial charge in [-0.1, -0.05) is 30.3 Å². The lowest BCUT2D eigenvalue weighted by molar-refractivity contribution is 0.613. The fourth-order valence-corrected chi connectivity index (χ4v) is 4.55. The van der Waals surface area contributed by atoms with Crippen molar-refractivity contribution >= 4 is 32.3 Å². The van der Waals surface area contributed by atoms with Gasteiger partial charge in [0, 0.05) is 27.1 Å². The Morgan fingerprint density at radius 2 is 1.92 bits per heavy atom. The number of hydrogen-bond donors (Lipinski definition) is 1. The first-order valence-electron chi connectivity index (χ1n) is 8.51. The number of nitrogens with one attached hydrogen (secondary N) is 1. The standard InChI is InChI=1S/C22H18N2OS/c1-14-9-15-7-8-17(11-19(15)24-21(14)25)22(2,13-23)12-18-10-16-5-3-4-6-20(16)26-18/h3-11H,12H2,1-2H3,(H,24,25). The van der Waals surface area contributed by atoms with E-state index in [1.807, 2.05) is 43.3 Å². The van der Waals surface area contributed by atoms with Crippen LogP contribution >= 0.6 is 11.3 Å². The molecule has 2 aromatic heterocycles. The van der Waals surface area contributed by atoms with Crippen molar-refractivity contribution in [2.24, 2.45) is 0 Å². The number of H-pyrrole nitrogens is 1. The topological polar surface area (TPSA) is 56.6 Å². The summed E-state index contributed by atoms with van der Waals surface area (Å²) in [6.07, 6.45) is 0.643. The minimum atomic E-state index is -0.656. The lowest BCUT2D eigenvalue weighted by Crippen LogP contribution is -2.22. The summed E-state index contributed by atoms with van der Waals surface area (Å²) >= 11 is 1.73. The van der Waals surface area contributed by atoms with Crippen molar-refractivity contribution in [2.75, 3.05) is 0 Å². The van der Waals surface area contributed by atoms with E-state index in [9.17, 15) is 10.1 Å². The Morgan fingerprint density at radius 3 is 2.69 bits per heavy atom. The molecule has 1 atom stereocenters. The SMILES string of the molecule is Cc1cc2ccc(C(C)(C#N)Cc3cc4ccccc4s3)cc2[nH]c1=O. The number of rotatable bonds is 3. The van der Waals surface area contributed by atoms with Crippen LogP contribution in [0.25, 0.3) is 21.0 Å². The zero-order valence-corrected chi connectivity index (χ0v) is 15.5. The summed E-state index contributed by atoms with van der Waals surface area (Å²) < 4.78 is 1.24. The number of thiophene rings is 1. The molecule has 1 N–H and O–H groups in total. The fourth-order valence-electron chi connectivity index (χ4n) is 3.33. The third-order valence-corrected chi connectivity index (χ3v) is 6.04. The van der Waals surface area contributed by atoms with Gasteiger partial charge in [-0.2, -0.15) is 5.26 Å². The summed E-state index contributed by atoms with van der Waals surface area (Å²) in [5.41, 5.74) is 1.65. The Hall–Kier alpha value is -2.90. The van der Waals surface area contributed by atoms with Crippen molar-refractivity contribution in [1.29, 1.82) is 5.26 Å². The van der Waals surface area contributed by atoms with Gasteiger partial charge >= 0.3 is 0 Å². The van der Waals surface area contributed by atoms with Gasteiger partial charge in [-0.15, -0.1) is 11.3 Å². The number of hydrogen-bond acceptors (Lipinski definition) is 3. The van der Waals surface area contributed by atoms with E-state index in [0.29, 0.717) is 12.0 Å². The zero-order valence-electron chi connectivity index (χ0n) is 14.7. The molecular weight excluding hydrogens is 340 g/mol. The largest absolute Gasteiger partial charge is 0.322 e. The normalized spacial score (nSPS) is 13.6.